The van der Waals surface area contributed by atoms with Gasteiger partial charge in [-0.25, -0.2) is 9.97 Å². The van der Waals surface area contributed by atoms with E-state index in [2.05, 4.69) is 20.6 Å². The SMILES string of the molecule is O=C(NC1CCCC1)c1cnc(Nc2ccccc2)nc1. The van der Waals surface area contributed by atoms with E-state index in [-0.39, 0.29) is 5.91 Å². The molecule has 2 N–H and O–H groups in total. The average Bonchev–Trinajstić information content (AvgIpc) is 3.02. The second-order valence-electron chi connectivity index (χ2n) is 5.24. The van der Waals surface area contributed by atoms with Crippen molar-refractivity contribution in [3.63, 3.8) is 0 Å². The van der Waals surface area contributed by atoms with Crippen LogP contribution in [0.1, 0.15) is 36.0 Å². The topological polar surface area (TPSA) is 66.9 Å². The smallest absolute Gasteiger partial charge is 0.254 e. The number of hydrogen-bond donors (Lipinski definition) is 2. The number of benzene rings is 1. The minimum Gasteiger partial charge on any atom is -0.349 e. The van der Waals surface area contributed by atoms with Gasteiger partial charge in [-0.05, 0) is 25.0 Å². The number of anilines is 2. The normalized spacial score (nSPS) is 14.9. The Morgan fingerprint density at radius 3 is 2.38 bits per heavy atom. The number of para-hydroxylation sites is 1. The monoisotopic (exact) mass is 282 g/mol. The van der Waals surface area contributed by atoms with E-state index in [1.807, 2.05) is 30.3 Å². The third-order valence-corrected chi connectivity index (χ3v) is 3.63. The van der Waals surface area contributed by atoms with E-state index in [0.717, 1.165) is 18.5 Å². The highest BCUT2D eigenvalue weighted by Crippen LogP contribution is 2.18. The molecule has 1 aromatic heterocycles. The van der Waals surface area contributed by atoms with E-state index in [9.17, 15) is 4.79 Å². The maximum absolute atomic E-state index is 12.1. The molecule has 5 heteroatoms. The molecule has 0 saturated heterocycles. The van der Waals surface area contributed by atoms with Gasteiger partial charge in [0.15, 0.2) is 0 Å². The number of nitrogens with one attached hydrogen (secondary N) is 2. The first-order valence-corrected chi connectivity index (χ1v) is 7.26. The summed E-state index contributed by atoms with van der Waals surface area (Å²) in [4.78, 5) is 20.4. The molecular weight excluding hydrogens is 264 g/mol. The van der Waals surface area contributed by atoms with Crippen LogP contribution in [0.15, 0.2) is 42.7 Å². The van der Waals surface area contributed by atoms with Gasteiger partial charge in [0.25, 0.3) is 5.91 Å². The van der Waals surface area contributed by atoms with Crippen LogP contribution in [0.4, 0.5) is 11.6 Å². The number of amides is 1. The summed E-state index contributed by atoms with van der Waals surface area (Å²) in [7, 11) is 0. The summed E-state index contributed by atoms with van der Waals surface area (Å²) in [6, 6.07) is 9.99. The van der Waals surface area contributed by atoms with E-state index >= 15 is 0 Å². The summed E-state index contributed by atoms with van der Waals surface area (Å²) in [5.41, 5.74) is 1.42. The van der Waals surface area contributed by atoms with Gasteiger partial charge in [0, 0.05) is 24.1 Å². The van der Waals surface area contributed by atoms with Crippen LogP contribution in [0.2, 0.25) is 0 Å². The Kier molecular flexibility index (Phi) is 4.09. The Hall–Kier alpha value is -2.43. The zero-order chi connectivity index (χ0) is 14.5. The highest BCUT2D eigenvalue weighted by atomic mass is 16.1. The molecule has 3 rings (SSSR count). The number of carbonyl (C=O) groups is 1. The molecule has 1 aromatic carbocycles. The predicted octanol–water partition coefficient (Wildman–Crippen LogP) is 2.89. The fourth-order valence-electron chi connectivity index (χ4n) is 2.50. The van der Waals surface area contributed by atoms with Crippen molar-refractivity contribution in [2.45, 2.75) is 31.7 Å². The number of aromatic nitrogens is 2. The van der Waals surface area contributed by atoms with E-state index in [1.54, 1.807) is 12.4 Å². The summed E-state index contributed by atoms with van der Waals surface area (Å²) in [6.45, 7) is 0. The van der Waals surface area contributed by atoms with Crippen LogP contribution in [-0.4, -0.2) is 21.9 Å². The average molecular weight is 282 g/mol. The summed E-state index contributed by atoms with van der Waals surface area (Å²) >= 11 is 0. The fourth-order valence-corrected chi connectivity index (χ4v) is 2.50. The fraction of sp³-hybridized carbons (Fsp3) is 0.312. The lowest BCUT2D eigenvalue weighted by Crippen LogP contribution is -2.32. The van der Waals surface area contributed by atoms with Gasteiger partial charge in [-0.3, -0.25) is 4.79 Å². The van der Waals surface area contributed by atoms with Gasteiger partial charge < -0.3 is 10.6 Å². The molecule has 1 heterocycles. The van der Waals surface area contributed by atoms with Crippen LogP contribution < -0.4 is 10.6 Å². The van der Waals surface area contributed by atoms with Crippen LogP contribution in [0.5, 0.6) is 0 Å². The van der Waals surface area contributed by atoms with Crippen molar-refractivity contribution >= 4 is 17.5 Å². The predicted molar refractivity (Wildman–Crippen MR) is 81.5 cm³/mol. The number of carbonyl (C=O) groups excluding carboxylic acids is 1. The van der Waals surface area contributed by atoms with Gasteiger partial charge >= 0.3 is 0 Å². The highest BCUT2D eigenvalue weighted by molar-refractivity contribution is 5.93. The molecule has 0 spiro atoms. The Morgan fingerprint density at radius 2 is 1.71 bits per heavy atom. The Morgan fingerprint density at radius 1 is 1.05 bits per heavy atom. The standard InChI is InChI=1S/C16H18N4O/c21-15(19-13-8-4-5-9-13)12-10-17-16(18-11-12)20-14-6-2-1-3-7-14/h1-3,6-7,10-11,13H,4-5,8-9H2,(H,19,21)(H,17,18,20). The molecule has 0 aliphatic heterocycles. The van der Waals surface area contributed by atoms with Crippen molar-refractivity contribution < 1.29 is 4.79 Å². The summed E-state index contributed by atoms with van der Waals surface area (Å²) in [5.74, 6) is 0.395. The Bertz CT molecular complexity index is 591. The second kappa shape index (κ2) is 6.35. The zero-order valence-corrected chi connectivity index (χ0v) is 11.7. The van der Waals surface area contributed by atoms with E-state index < -0.39 is 0 Å². The number of nitrogens with zero attached hydrogens (tertiary/aromatic N) is 2. The van der Waals surface area contributed by atoms with Crippen molar-refractivity contribution in [1.29, 1.82) is 0 Å². The first-order valence-electron chi connectivity index (χ1n) is 7.26. The molecule has 1 saturated carbocycles. The molecule has 2 aromatic rings. The lowest BCUT2D eigenvalue weighted by atomic mass is 10.2. The number of hydrogen-bond acceptors (Lipinski definition) is 4. The van der Waals surface area contributed by atoms with Crippen molar-refractivity contribution in [2.75, 3.05) is 5.32 Å². The van der Waals surface area contributed by atoms with Crippen molar-refractivity contribution in [2.24, 2.45) is 0 Å². The minimum absolute atomic E-state index is 0.0897. The summed E-state index contributed by atoms with van der Waals surface area (Å²) < 4.78 is 0. The number of rotatable bonds is 4. The third kappa shape index (κ3) is 3.56. The van der Waals surface area contributed by atoms with Crippen LogP contribution in [0.25, 0.3) is 0 Å². The van der Waals surface area contributed by atoms with Gasteiger partial charge in [0.05, 0.1) is 5.56 Å². The highest BCUT2D eigenvalue weighted by Gasteiger charge is 2.18. The van der Waals surface area contributed by atoms with E-state index in [0.29, 0.717) is 17.6 Å². The first-order chi connectivity index (χ1) is 10.3. The minimum atomic E-state index is -0.0897. The Balaban J connectivity index is 1.62. The molecule has 1 fully saturated rings. The molecule has 108 valence electrons. The maximum Gasteiger partial charge on any atom is 0.254 e. The molecule has 5 nitrogen and oxygen atoms in total. The van der Waals surface area contributed by atoms with Crippen molar-refractivity contribution in [1.82, 2.24) is 15.3 Å². The quantitative estimate of drug-likeness (QED) is 0.905. The molecule has 1 amide bonds. The van der Waals surface area contributed by atoms with Gasteiger partial charge in [-0.2, -0.15) is 0 Å². The van der Waals surface area contributed by atoms with Crippen molar-refractivity contribution in [3.05, 3.63) is 48.3 Å². The second-order valence-corrected chi connectivity index (χ2v) is 5.24. The first kappa shape index (κ1) is 13.5. The van der Waals surface area contributed by atoms with Crippen LogP contribution in [0, 0.1) is 0 Å². The molecule has 1 aliphatic carbocycles. The van der Waals surface area contributed by atoms with E-state index in [4.69, 9.17) is 0 Å². The van der Waals surface area contributed by atoms with Gasteiger partial charge in [-0.1, -0.05) is 31.0 Å². The summed E-state index contributed by atoms with van der Waals surface area (Å²) in [6.07, 6.45) is 7.65. The lowest BCUT2D eigenvalue weighted by Gasteiger charge is -2.11. The molecule has 1 aliphatic rings. The van der Waals surface area contributed by atoms with Crippen LogP contribution in [0.3, 0.4) is 0 Å². The molecule has 21 heavy (non-hydrogen) atoms. The molecule has 0 radical (unpaired) electrons. The zero-order valence-electron chi connectivity index (χ0n) is 11.7. The Labute approximate surface area is 123 Å². The largest absolute Gasteiger partial charge is 0.349 e. The molecule has 0 unspecified atom stereocenters. The maximum atomic E-state index is 12.1. The van der Waals surface area contributed by atoms with Crippen LogP contribution in [-0.2, 0) is 0 Å². The van der Waals surface area contributed by atoms with E-state index in [1.165, 1.54) is 12.8 Å². The van der Waals surface area contributed by atoms with Crippen LogP contribution >= 0.6 is 0 Å². The van der Waals surface area contributed by atoms with Gasteiger partial charge in [0.2, 0.25) is 5.95 Å². The van der Waals surface area contributed by atoms with Crippen molar-refractivity contribution in [3.8, 4) is 0 Å². The van der Waals surface area contributed by atoms with Gasteiger partial charge in [0.1, 0.15) is 0 Å². The molecular formula is C16H18N4O. The van der Waals surface area contributed by atoms with Gasteiger partial charge in [-0.15, -0.1) is 0 Å². The summed E-state index contributed by atoms with van der Waals surface area (Å²) in [5, 5.41) is 6.11. The lowest BCUT2D eigenvalue weighted by molar-refractivity contribution is 0.0937. The third-order valence-electron chi connectivity index (χ3n) is 3.63. The molecule has 0 bridgehead atoms. The molecule has 0 atom stereocenters.